The van der Waals surface area contributed by atoms with Gasteiger partial charge in [-0.2, -0.15) is 8.42 Å². The van der Waals surface area contributed by atoms with Gasteiger partial charge in [0.15, 0.2) is 10.7 Å². The summed E-state index contributed by atoms with van der Waals surface area (Å²) in [5.41, 5.74) is 2.74. The van der Waals surface area contributed by atoms with Gasteiger partial charge in [-0.3, -0.25) is 0 Å². The Kier molecular flexibility index (Phi) is 7.18. The summed E-state index contributed by atoms with van der Waals surface area (Å²) in [4.78, 5) is 0. The van der Waals surface area contributed by atoms with Crippen LogP contribution in [0.1, 0.15) is 16.8 Å². The molecule has 12 heteroatoms. The number of halogens is 1. The summed E-state index contributed by atoms with van der Waals surface area (Å²) in [6.45, 7) is 2.13. The number of nitrogens with one attached hydrogen (secondary N) is 1. The van der Waals surface area contributed by atoms with Crippen LogP contribution in [-0.4, -0.2) is 41.9 Å². The van der Waals surface area contributed by atoms with Crippen molar-refractivity contribution in [1.82, 2.24) is 15.0 Å². The predicted octanol–water partition coefficient (Wildman–Crippen LogP) is 1.29. The first-order chi connectivity index (χ1) is 11.8. The molecule has 0 aliphatic carbocycles. The third-order valence-electron chi connectivity index (χ3n) is 3.10. The van der Waals surface area contributed by atoms with E-state index in [9.17, 15) is 13.6 Å². The molecule has 1 aromatic carbocycles. The van der Waals surface area contributed by atoms with Crippen LogP contribution >= 0.6 is 34.4 Å². The fraction of sp³-hybridized carbons (Fsp3) is 0.308. The highest BCUT2D eigenvalue weighted by atomic mass is 127. The molecule has 0 unspecified atom stereocenters. The van der Waals surface area contributed by atoms with Crippen molar-refractivity contribution in [2.45, 2.75) is 18.4 Å². The molecule has 25 heavy (non-hydrogen) atoms. The average molecular weight is 497 g/mol. The normalized spacial score (nSPS) is 12.5. The Labute approximate surface area is 162 Å². The monoisotopic (exact) mass is 497 g/mol. The SMILES string of the molecule is Cc1ccc(C/C(=N\O)c2nonc2SCCNS(N)(=O)=O)cc1I. The summed E-state index contributed by atoms with van der Waals surface area (Å²) in [5.74, 6) is 0.360. The number of rotatable bonds is 8. The molecule has 2 rings (SSSR count). The lowest BCUT2D eigenvalue weighted by atomic mass is 10.1. The zero-order valence-electron chi connectivity index (χ0n) is 13.1. The molecule has 0 saturated heterocycles. The lowest BCUT2D eigenvalue weighted by molar-refractivity contribution is 0.296. The summed E-state index contributed by atoms with van der Waals surface area (Å²) in [6.07, 6.45) is 0.351. The number of hydrogen-bond donors (Lipinski definition) is 3. The van der Waals surface area contributed by atoms with Crippen LogP contribution in [0.5, 0.6) is 0 Å². The van der Waals surface area contributed by atoms with E-state index in [2.05, 4.69) is 42.8 Å². The molecule has 1 aromatic heterocycles. The highest BCUT2D eigenvalue weighted by molar-refractivity contribution is 14.1. The smallest absolute Gasteiger partial charge is 0.274 e. The van der Waals surface area contributed by atoms with E-state index in [-0.39, 0.29) is 6.54 Å². The zero-order valence-corrected chi connectivity index (χ0v) is 16.9. The predicted molar refractivity (Wildman–Crippen MR) is 102 cm³/mol. The van der Waals surface area contributed by atoms with E-state index in [4.69, 9.17) is 9.77 Å². The van der Waals surface area contributed by atoms with E-state index in [1.165, 1.54) is 11.8 Å². The number of benzene rings is 1. The van der Waals surface area contributed by atoms with E-state index in [0.29, 0.717) is 28.6 Å². The minimum atomic E-state index is -3.73. The lowest BCUT2D eigenvalue weighted by Crippen LogP contribution is -2.32. The molecule has 9 nitrogen and oxygen atoms in total. The zero-order chi connectivity index (χ0) is 18.4. The molecule has 0 radical (unpaired) electrons. The highest BCUT2D eigenvalue weighted by Crippen LogP contribution is 2.21. The number of aryl methyl sites for hydroxylation is 1. The molecule has 4 N–H and O–H groups in total. The maximum atomic E-state index is 10.8. The first-order valence-electron chi connectivity index (χ1n) is 6.99. The van der Waals surface area contributed by atoms with Gasteiger partial charge in [0, 0.05) is 22.3 Å². The average Bonchev–Trinajstić information content (AvgIpc) is 3.00. The second-order valence-corrected chi connectivity index (χ2v) is 8.64. The molecule has 1 heterocycles. The van der Waals surface area contributed by atoms with Gasteiger partial charge in [0.1, 0.15) is 5.71 Å². The second-order valence-electron chi connectivity index (χ2n) is 5.01. The topological polar surface area (TPSA) is 144 Å². The number of nitrogens with two attached hydrogens (primary N) is 1. The summed E-state index contributed by atoms with van der Waals surface area (Å²) in [6, 6.07) is 5.93. The molecule has 0 saturated carbocycles. The lowest BCUT2D eigenvalue weighted by Gasteiger charge is -2.05. The van der Waals surface area contributed by atoms with Crippen LogP contribution < -0.4 is 9.86 Å². The molecule has 2 aromatic rings. The minimum absolute atomic E-state index is 0.123. The number of nitrogens with zero attached hydrogens (tertiary/aromatic N) is 3. The molecule has 0 aliphatic heterocycles. The molecule has 0 atom stereocenters. The van der Waals surface area contributed by atoms with Gasteiger partial charge < -0.3 is 5.21 Å². The summed E-state index contributed by atoms with van der Waals surface area (Å²) in [7, 11) is -3.73. The maximum Gasteiger partial charge on any atom is 0.274 e. The van der Waals surface area contributed by atoms with Gasteiger partial charge in [-0.15, -0.1) is 0 Å². The van der Waals surface area contributed by atoms with Crippen molar-refractivity contribution in [2.75, 3.05) is 12.3 Å². The molecular formula is C13H16IN5O4S2. The Morgan fingerprint density at radius 2 is 2.24 bits per heavy atom. The molecule has 0 aliphatic rings. The van der Waals surface area contributed by atoms with Crippen molar-refractivity contribution in [1.29, 1.82) is 0 Å². The van der Waals surface area contributed by atoms with Crippen LogP contribution in [0, 0.1) is 10.5 Å². The summed E-state index contributed by atoms with van der Waals surface area (Å²) in [5, 5.41) is 25.5. The van der Waals surface area contributed by atoms with Gasteiger partial charge in [0.05, 0.1) is 0 Å². The quantitative estimate of drug-likeness (QED) is 0.125. The van der Waals surface area contributed by atoms with E-state index in [1.54, 1.807) is 0 Å². The van der Waals surface area contributed by atoms with Crippen LogP contribution in [0.3, 0.4) is 0 Å². The number of oxime groups is 1. The first kappa shape index (κ1) is 20.1. The standard InChI is InChI=1S/C13H16IN5O4S2/c1-8-2-3-9(6-10(8)14)7-11(17-20)12-13(19-23-18-12)24-5-4-16-25(15,21)22/h2-3,6,16,20H,4-5,7H2,1H3,(H2,15,21,22)/b17-11+. The van der Waals surface area contributed by atoms with E-state index < -0.39 is 10.2 Å². The molecule has 0 bridgehead atoms. The third-order valence-corrected chi connectivity index (χ3v) is 5.82. The van der Waals surface area contributed by atoms with Crippen molar-refractivity contribution < 1.29 is 18.3 Å². The Morgan fingerprint density at radius 1 is 1.48 bits per heavy atom. The molecule has 0 spiro atoms. The molecule has 136 valence electrons. The summed E-state index contributed by atoms with van der Waals surface area (Å²) < 4.78 is 29.7. The Bertz CT molecular complexity index is 869. The van der Waals surface area contributed by atoms with E-state index >= 15 is 0 Å². The van der Waals surface area contributed by atoms with Gasteiger partial charge in [-0.05, 0) is 57.0 Å². The molecule has 0 fully saturated rings. The van der Waals surface area contributed by atoms with Crippen molar-refractivity contribution >= 4 is 50.3 Å². The number of aromatic nitrogens is 2. The number of hydrogen-bond acceptors (Lipinski definition) is 8. The molecule has 0 amide bonds. The maximum absolute atomic E-state index is 10.8. The van der Waals surface area contributed by atoms with Crippen LogP contribution in [0.2, 0.25) is 0 Å². The fourth-order valence-corrected chi connectivity index (χ4v) is 3.76. The van der Waals surface area contributed by atoms with Gasteiger partial charge in [0.25, 0.3) is 10.2 Å². The van der Waals surface area contributed by atoms with Crippen molar-refractivity contribution in [3.05, 3.63) is 38.6 Å². The van der Waals surface area contributed by atoms with Crippen molar-refractivity contribution in [3.63, 3.8) is 0 Å². The van der Waals surface area contributed by atoms with E-state index in [0.717, 1.165) is 14.7 Å². The van der Waals surface area contributed by atoms with Crippen molar-refractivity contribution in [2.24, 2.45) is 10.3 Å². The highest BCUT2D eigenvalue weighted by Gasteiger charge is 2.18. The Morgan fingerprint density at radius 3 is 2.88 bits per heavy atom. The number of thioether (sulfide) groups is 1. The summed E-state index contributed by atoms with van der Waals surface area (Å²) >= 11 is 3.45. The van der Waals surface area contributed by atoms with Crippen molar-refractivity contribution in [3.8, 4) is 0 Å². The fourth-order valence-electron chi connectivity index (χ4n) is 1.89. The third kappa shape index (κ3) is 6.22. The Balaban J connectivity index is 2.06. The Hall–Kier alpha value is -1.22. The van der Waals surface area contributed by atoms with Gasteiger partial charge in [0.2, 0.25) is 0 Å². The first-order valence-corrected chi connectivity index (χ1v) is 10.6. The van der Waals surface area contributed by atoms with Crippen LogP contribution in [0.25, 0.3) is 0 Å². The van der Waals surface area contributed by atoms with Gasteiger partial charge >= 0.3 is 0 Å². The van der Waals surface area contributed by atoms with E-state index in [1.807, 2.05) is 25.1 Å². The van der Waals surface area contributed by atoms with Gasteiger partial charge in [-0.1, -0.05) is 29.1 Å². The second kappa shape index (κ2) is 8.93. The minimum Gasteiger partial charge on any atom is -0.411 e. The molecular weight excluding hydrogens is 481 g/mol. The van der Waals surface area contributed by atoms with Gasteiger partial charge in [-0.25, -0.2) is 14.5 Å². The van der Waals surface area contributed by atoms with Crippen LogP contribution in [-0.2, 0) is 16.6 Å². The largest absolute Gasteiger partial charge is 0.411 e. The van der Waals surface area contributed by atoms with Crippen LogP contribution in [0.15, 0.2) is 33.0 Å². The van der Waals surface area contributed by atoms with Crippen LogP contribution in [0.4, 0.5) is 0 Å².